The minimum atomic E-state index is -0.187. The van der Waals surface area contributed by atoms with Crippen LogP contribution in [-0.2, 0) is 13.1 Å². The van der Waals surface area contributed by atoms with Crippen molar-refractivity contribution in [3.8, 4) is 0 Å². The zero-order chi connectivity index (χ0) is 19.9. The predicted molar refractivity (Wildman–Crippen MR) is 115 cm³/mol. The highest BCUT2D eigenvalue weighted by atomic mass is 35.5. The molecule has 2 N–H and O–H groups in total. The summed E-state index contributed by atoms with van der Waals surface area (Å²) < 4.78 is 1.74. The Hall–Kier alpha value is -2.63. The predicted octanol–water partition coefficient (Wildman–Crippen LogP) is 4.47. The molecule has 6 heteroatoms. The molecule has 0 spiro atoms. The van der Waals surface area contributed by atoms with E-state index >= 15 is 0 Å². The summed E-state index contributed by atoms with van der Waals surface area (Å²) in [6, 6.07) is 16.0. The summed E-state index contributed by atoms with van der Waals surface area (Å²) in [6.45, 7) is 7.67. The highest BCUT2D eigenvalue weighted by Gasteiger charge is 2.15. The minimum absolute atomic E-state index is 0.0481. The third kappa shape index (κ3) is 3.68. The van der Waals surface area contributed by atoms with E-state index in [1.807, 2.05) is 36.4 Å². The van der Waals surface area contributed by atoms with Gasteiger partial charge in [0.2, 0.25) is 0 Å². The lowest BCUT2D eigenvalue weighted by Gasteiger charge is -2.20. The van der Waals surface area contributed by atoms with Crippen molar-refractivity contribution in [3.05, 3.63) is 75.3 Å². The molecule has 2 aromatic carbocycles. The van der Waals surface area contributed by atoms with Crippen LogP contribution >= 0.6 is 11.6 Å². The van der Waals surface area contributed by atoms with Gasteiger partial charge in [-0.3, -0.25) is 4.57 Å². The third-order valence-electron chi connectivity index (χ3n) is 4.72. The van der Waals surface area contributed by atoms with Crippen molar-refractivity contribution in [3.63, 3.8) is 0 Å². The van der Waals surface area contributed by atoms with Crippen LogP contribution in [0, 0.1) is 0 Å². The third-order valence-corrected chi connectivity index (χ3v) is 5.00. The van der Waals surface area contributed by atoms with Crippen molar-refractivity contribution in [1.82, 2.24) is 19.9 Å². The van der Waals surface area contributed by atoms with Crippen molar-refractivity contribution in [2.75, 3.05) is 0 Å². The smallest absolute Gasteiger partial charge is 0.308 e. The van der Waals surface area contributed by atoms with E-state index in [1.165, 1.54) is 5.56 Å². The maximum Gasteiger partial charge on any atom is 0.326 e. The van der Waals surface area contributed by atoms with Gasteiger partial charge in [-0.25, -0.2) is 9.78 Å². The minimum Gasteiger partial charge on any atom is -0.308 e. The Balaban J connectivity index is 1.77. The van der Waals surface area contributed by atoms with E-state index in [0.29, 0.717) is 17.2 Å². The highest BCUT2D eigenvalue weighted by Crippen LogP contribution is 2.27. The first-order chi connectivity index (χ1) is 13.3. The van der Waals surface area contributed by atoms with Crippen molar-refractivity contribution >= 4 is 33.5 Å². The first-order valence-corrected chi connectivity index (χ1v) is 9.69. The molecule has 0 amide bonds. The summed E-state index contributed by atoms with van der Waals surface area (Å²) in [5.41, 5.74) is 4.25. The van der Waals surface area contributed by atoms with Crippen LogP contribution < -0.4 is 11.0 Å². The van der Waals surface area contributed by atoms with Crippen LogP contribution in [0.15, 0.2) is 53.3 Å². The number of nitrogens with zero attached hydrogens (tertiary/aromatic N) is 2. The molecule has 2 heterocycles. The Morgan fingerprint density at radius 3 is 2.64 bits per heavy atom. The number of rotatable bonds is 4. The number of aromatic nitrogens is 3. The van der Waals surface area contributed by atoms with E-state index in [-0.39, 0.29) is 11.2 Å². The van der Waals surface area contributed by atoms with Gasteiger partial charge >= 0.3 is 5.69 Å². The van der Waals surface area contributed by atoms with E-state index < -0.39 is 0 Å². The maximum atomic E-state index is 12.7. The van der Waals surface area contributed by atoms with Gasteiger partial charge in [0.25, 0.3) is 0 Å². The Labute approximate surface area is 168 Å². The summed E-state index contributed by atoms with van der Waals surface area (Å²) in [5, 5.41) is 4.72. The topological polar surface area (TPSA) is 62.7 Å². The van der Waals surface area contributed by atoms with E-state index in [1.54, 1.807) is 4.57 Å². The number of H-pyrrole nitrogens is 1. The van der Waals surface area contributed by atoms with Gasteiger partial charge in [-0.1, -0.05) is 54.1 Å². The van der Waals surface area contributed by atoms with Gasteiger partial charge in [0.1, 0.15) is 5.52 Å². The number of fused-ring (bicyclic) bond motifs is 3. The fourth-order valence-electron chi connectivity index (χ4n) is 3.37. The fraction of sp³-hybridized carbons (Fsp3) is 0.273. The Bertz CT molecular complexity index is 1220. The number of nitrogens with one attached hydrogen (secondary N) is 2. The Morgan fingerprint density at radius 2 is 1.86 bits per heavy atom. The van der Waals surface area contributed by atoms with Gasteiger partial charge in [-0.15, -0.1) is 0 Å². The number of benzene rings is 2. The molecule has 0 aliphatic heterocycles. The van der Waals surface area contributed by atoms with Gasteiger partial charge in [0.05, 0.1) is 17.6 Å². The number of pyridine rings is 1. The molecule has 0 fully saturated rings. The number of hydrogen-bond donors (Lipinski definition) is 2. The van der Waals surface area contributed by atoms with Gasteiger partial charge in [-0.05, 0) is 38.0 Å². The normalized spacial score (nSPS) is 12.1. The number of para-hydroxylation sites is 1. The molecule has 0 saturated carbocycles. The largest absolute Gasteiger partial charge is 0.326 e. The van der Waals surface area contributed by atoms with Crippen LogP contribution in [0.5, 0.6) is 0 Å². The molecule has 28 heavy (non-hydrogen) atoms. The van der Waals surface area contributed by atoms with E-state index in [4.69, 9.17) is 11.6 Å². The average Bonchev–Trinajstić information content (AvgIpc) is 2.97. The van der Waals surface area contributed by atoms with Gasteiger partial charge in [0, 0.05) is 17.5 Å². The van der Waals surface area contributed by atoms with Crippen LogP contribution in [0.25, 0.3) is 21.9 Å². The molecule has 0 saturated heterocycles. The zero-order valence-corrected chi connectivity index (χ0v) is 17.0. The SMILES string of the molecule is CC(C)(C)NCc1cccc(Cn2c(=O)[nH]c3c(Cl)nc4ccccc4c32)c1. The molecule has 0 aliphatic carbocycles. The first-order valence-electron chi connectivity index (χ1n) is 9.31. The highest BCUT2D eigenvalue weighted by molar-refractivity contribution is 6.35. The van der Waals surface area contributed by atoms with Crippen LogP contribution in [-0.4, -0.2) is 20.1 Å². The lowest BCUT2D eigenvalue weighted by atomic mass is 10.1. The lowest BCUT2D eigenvalue weighted by molar-refractivity contribution is 0.424. The fourth-order valence-corrected chi connectivity index (χ4v) is 3.60. The second-order valence-corrected chi connectivity index (χ2v) is 8.44. The molecule has 0 unspecified atom stereocenters. The molecule has 2 aromatic heterocycles. The van der Waals surface area contributed by atoms with Crippen LogP contribution in [0.2, 0.25) is 5.15 Å². The molecule has 0 radical (unpaired) electrons. The van der Waals surface area contributed by atoms with Crippen molar-refractivity contribution < 1.29 is 0 Å². The quantitative estimate of drug-likeness (QED) is 0.502. The van der Waals surface area contributed by atoms with E-state index in [0.717, 1.165) is 28.5 Å². The molecular formula is C22H23ClN4O. The van der Waals surface area contributed by atoms with E-state index in [9.17, 15) is 4.79 Å². The van der Waals surface area contributed by atoms with Crippen LogP contribution in [0.4, 0.5) is 0 Å². The Kier molecular flexibility index (Phi) is 4.73. The lowest BCUT2D eigenvalue weighted by Crippen LogP contribution is -2.35. The molecule has 144 valence electrons. The molecule has 0 aliphatic rings. The van der Waals surface area contributed by atoms with Crippen LogP contribution in [0.3, 0.4) is 0 Å². The summed E-state index contributed by atoms with van der Waals surface area (Å²) in [7, 11) is 0. The molecular weight excluding hydrogens is 372 g/mol. The van der Waals surface area contributed by atoms with Gasteiger partial charge in [-0.2, -0.15) is 0 Å². The van der Waals surface area contributed by atoms with Gasteiger partial charge in [0.15, 0.2) is 5.15 Å². The number of hydrogen-bond acceptors (Lipinski definition) is 3. The number of aromatic amines is 1. The molecule has 4 rings (SSSR count). The maximum absolute atomic E-state index is 12.7. The zero-order valence-electron chi connectivity index (χ0n) is 16.2. The second kappa shape index (κ2) is 7.08. The molecule has 0 bridgehead atoms. The monoisotopic (exact) mass is 394 g/mol. The first kappa shape index (κ1) is 18.7. The van der Waals surface area contributed by atoms with E-state index in [2.05, 4.69) is 48.2 Å². The molecule has 0 atom stereocenters. The Morgan fingerprint density at radius 1 is 1.11 bits per heavy atom. The summed E-state index contributed by atoms with van der Waals surface area (Å²) >= 11 is 6.33. The van der Waals surface area contributed by atoms with Crippen molar-refractivity contribution in [1.29, 1.82) is 0 Å². The average molecular weight is 395 g/mol. The standard InChI is InChI=1S/C22H23ClN4O/c1-22(2,3)24-12-14-7-6-8-15(11-14)13-27-19-16-9-4-5-10-17(16)25-20(23)18(19)26-21(27)28/h4-11,24H,12-13H2,1-3H3,(H,26,28). The van der Waals surface area contributed by atoms with Gasteiger partial charge < -0.3 is 10.3 Å². The molecule has 4 aromatic rings. The van der Waals surface area contributed by atoms with Crippen molar-refractivity contribution in [2.45, 2.75) is 39.4 Å². The summed E-state index contributed by atoms with van der Waals surface area (Å²) in [6.07, 6.45) is 0. The van der Waals surface area contributed by atoms with Crippen molar-refractivity contribution in [2.24, 2.45) is 0 Å². The summed E-state index contributed by atoms with van der Waals surface area (Å²) in [4.78, 5) is 20.0. The van der Waals surface area contributed by atoms with Crippen LogP contribution in [0.1, 0.15) is 31.9 Å². The second-order valence-electron chi connectivity index (χ2n) is 8.08. The number of halogens is 1. The number of imidazole rings is 1. The molecule has 5 nitrogen and oxygen atoms in total. The summed E-state index contributed by atoms with van der Waals surface area (Å²) in [5.74, 6) is 0.